The fraction of sp³-hybridized carbons (Fsp3) is 0.286. The minimum absolute atomic E-state index is 0.184. The summed E-state index contributed by atoms with van der Waals surface area (Å²) in [4.78, 5) is 3.89. The Labute approximate surface area is 80.3 Å². The monoisotopic (exact) mass is 206 g/mol. The van der Waals surface area contributed by atoms with E-state index in [-0.39, 0.29) is 11.8 Å². The van der Waals surface area contributed by atoms with E-state index in [0.717, 1.165) is 0 Å². The number of nitrogens with one attached hydrogen (secondary N) is 1. The molecule has 1 heterocycles. The second kappa shape index (κ2) is 3.94. The topological polar surface area (TPSA) is 45.2 Å². The van der Waals surface area contributed by atoms with Crippen LogP contribution in [0.1, 0.15) is 5.69 Å². The van der Waals surface area contributed by atoms with E-state index in [4.69, 9.17) is 28.3 Å². The summed E-state index contributed by atoms with van der Waals surface area (Å²) < 4.78 is 0. The molecule has 0 aliphatic heterocycles. The number of pyridine rings is 1. The summed E-state index contributed by atoms with van der Waals surface area (Å²) in [5.74, 6) is 0. The maximum absolute atomic E-state index is 8.88. The van der Waals surface area contributed by atoms with Crippen molar-refractivity contribution in [2.75, 3.05) is 12.4 Å². The predicted octanol–water partition coefficient (Wildman–Crippen LogP) is 1.92. The first-order valence-corrected chi connectivity index (χ1v) is 4.08. The van der Waals surface area contributed by atoms with E-state index in [1.54, 1.807) is 7.05 Å². The van der Waals surface area contributed by atoms with Crippen LogP contribution in [0.3, 0.4) is 0 Å². The zero-order chi connectivity index (χ0) is 9.14. The first-order chi connectivity index (χ1) is 5.69. The van der Waals surface area contributed by atoms with Crippen molar-refractivity contribution in [1.29, 1.82) is 0 Å². The van der Waals surface area contributed by atoms with Gasteiger partial charge < -0.3 is 10.4 Å². The van der Waals surface area contributed by atoms with Crippen molar-refractivity contribution < 1.29 is 5.11 Å². The highest BCUT2D eigenvalue weighted by Gasteiger charge is 2.07. The quantitative estimate of drug-likeness (QED) is 0.728. The maximum Gasteiger partial charge on any atom is 0.131 e. The molecule has 0 saturated carbocycles. The summed E-state index contributed by atoms with van der Waals surface area (Å²) in [5, 5.41) is 12.4. The second-order valence-electron chi connectivity index (χ2n) is 2.16. The van der Waals surface area contributed by atoms with E-state index in [9.17, 15) is 0 Å². The molecule has 1 rings (SSSR count). The zero-order valence-corrected chi connectivity index (χ0v) is 7.95. The van der Waals surface area contributed by atoms with Crippen LogP contribution in [0.4, 0.5) is 5.69 Å². The van der Waals surface area contributed by atoms with Crippen molar-refractivity contribution in [2.45, 2.75) is 6.61 Å². The number of nitrogens with zero attached hydrogens (tertiary/aromatic N) is 1. The molecule has 0 spiro atoms. The largest absolute Gasteiger partial charge is 0.390 e. The number of anilines is 1. The highest BCUT2D eigenvalue weighted by Crippen LogP contribution is 2.26. The molecule has 0 atom stereocenters. The molecule has 0 bridgehead atoms. The number of aliphatic hydroxyl groups excluding tert-OH is 1. The van der Waals surface area contributed by atoms with Gasteiger partial charge in [-0.2, -0.15) is 0 Å². The number of aliphatic hydroxyl groups is 1. The third kappa shape index (κ3) is 1.80. The van der Waals surface area contributed by atoms with Crippen LogP contribution in [0.15, 0.2) is 6.07 Å². The smallest absolute Gasteiger partial charge is 0.131 e. The molecule has 66 valence electrons. The molecule has 12 heavy (non-hydrogen) atoms. The molecule has 3 nitrogen and oxygen atoms in total. The number of hydrogen-bond donors (Lipinski definition) is 2. The average molecular weight is 207 g/mol. The standard InChI is InChI=1S/C7H8Cl2N2O/c1-10-7-4(8)2-6(9)11-5(7)3-12/h2,10,12H,3H2,1H3. The SMILES string of the molecule is CNc1c(Cl)cc(Cl)nc1CO. The van der Waals surface area contributed by atoms with E-state index in [0.29, 0.717) is 16.4 Å². The van der Waals surface area contributed by atoms with E-state index in [1.807, 2.05) is 0 Å². The van der Waals surface area contributed by atoms with Crippen LogP contribution >= 0.6 is 23.2 Å². The van der Waals surface area contributed by atoms with Crippen molar-refractivity contribution in [2.24, 2.45) is 0 Å². The number of aromatic nitrogens is 1. The zero-order valence-electron chi connectivity index (χ0n) is 6.43. The predicted molar refractivity (Wildman–Crippen MR) is 49.7 cm³/mol. The fourth-order valence-electron chi connectivity index (χ4n) is 0.910. The molecule has 5 heteroatoms. The third-order valence-corrected chi connectivity index (χ3v) is 1.91. The molecule has 0 radical (unpaired) electrons. The molecule has 0 saturated heterocycles. The minimum atomic E-state index is -0.184. The van der Waals surface area contributed by atoms with Gasteiger partial charge >= 0.3 is 0 Å². The molecule has 1 aromatic rings. The summed E-state index contributed by atoms with van der Waals surface area (Å²) in [5.41, 5.74) is 1.07. The van der Waals surface area contributed by atoms with Crippen LogP contribution in [0.25, 0.3) is 0 Å². The van der Waals surface area contributed by atoms with Crippen molar-refractivity contribution >= 4 is 28.9 Å². The molecule has 0 aliphatic carbocycles. The lowest BCUT2D eigenvalue weighted by Crippen LogP contribution is -1.99. The molecule has 1 aromatic heterocycles. The lowest BCUT2D eigenvalue weighted by Gasteiger charge is -2.07. The average Bonchev–Trinajstić information content (AvgIpc) is 2.03. The molecule has 0 fully saturated rings. The van der Waals surface area contributed by atoms with Gasteiger partial charge in [-0.1, -0.05) is 23.2 Å². The summed E-state index contributed by atoms with van der Waals surface area (Å²) in [6.45, 7) is -0.184. The first kappa shape index (κ1) is 9.58. The maximum atomic E-state index is 8.88. The lowest BCUT2D eigenvalue weighted by molar-refractivity contribution is 0.277. The summed E-state index contributed by atoms with van der Waals surface area (Å²) in [6, 6.07) is 1.52. The fourth-order valence-corrected chi connectivity index (χ4v) is 1.48. The Hall–Kier alpha value is -0.510. The Bertz CT molecular complexity index is 291. The lowest BCUT2D eigenvalue weighted by atomic mass is 10.3. The van der Waals surface area contributed by atoms with Crippen molar-refractivity contribution in [1.82, 2.24) is 4.98 Å². The van der Waals surface area contributed by atoms with Gasteiger partial charge in [0.2, 0.25) is 0 Å². The molecule has 0 aromatic carbocycles. The van der Waals surface area contributed by atoms with E-state index in [1.165, 1.54) is 6.07 Å². The Balaban J connectivity index is 3.24. The normalized spacial score (nSPS) is 10.0. The second-order valence-corrected chi connectivity index (χ2v) is 2.95. The van der Waals surface area contributed by atoms with Crippen LogP contribution in [-0.4, -0.2) is 17.1 Å². The van der Waals surface area contributed by atoms with Crippen LogP contribution in [-0.2, 0) is 6.61 Å². The van der Waals surface area contributed by atoms with E-state index in [2.05, 4.69) is 10.3 Å². The van der Waals surface area contributed by atoms with Gasteiger partial charge in [-0.25, -0.2) is 4.98 Å². The number of hydrogen-bond acceptors (Lipinski definition) is 3. The Kier molecular flexibility index (Phi) is 3.14. The van der Waals surface area contributed by atoms with Gasteiger partial charge in [-0.15, -0.1) is 0 Å². The van der Waals surface area contributed by atoms with E-state index >= 15 is 0 Å². The van der Waals surface area contributed by atoms with Gasteiger partial charge in [-0.05, 0) is 6.07 Å². The summed E-state index contributed by atoms with van der Waals surface area (Å²) in [6.07, 6.45) is 0. The van der Waals surface area contributed by atoms with Crippen LogP contribution in [0.5, 0.6) is 0 Å². The van der Waals surface area contributed by atoms with Gasteiger partial charge in [0.05, 0.1) is 23.0 Å². The summed E-state index contributed by atoms with van der Waals surface area (Å²) in [7, 11) is 1.70. The van der Waals surface area contributed by atoms with Crippen LogP contribution < -0.4 is 5.32 Å². The molecule has 0 amide bonds. The van der Waals surface area contributed by atoms with Gasteiger partial charge in [0, 0.05) is 7.05 Å². The minimum Gasteiger partial charge on any atom is -0.390 e. The third-order valence-electron chi connectivity index (χ3n) is 1.41. The molecule has 0 unspecified atom stereocenters. The van der Waals surface area contributed by atoms with Crippen molar-refractivity contribution in [3.63, 3.8) is 0 Å². The highest BCUT2D eigenvalue weighted by molar-refractivity contribution is 6.35. The summed E-state index contributed by atoms with van der Waals surface area (Å²) >= 11 is 11.4. The van der Waals surface area contributed by atoms with Gasteiger partial charge in [0.1, 0.15) is 5.15 Å². The van der Waals surface area contributed by atoms with Crippen molar-refractivity contribution in [3.05, 3.63) is 21.9 Å². The highest BCUT2D eigenvalue weighted by atomic mass is 35.5. The van der Waals surface area contributed by atoms with Crippen molar-refractivity contribution in [3.8, 4) is 0 Å². The Morgan fingerprint density at radius 1 is 1.58 bits per heavy atom. The first-order valence-electron chi connectivity index (χ1n) is 3.32. The molecular formula is C7H8Cl2N2O. The van der Waals surface area contributed by atoms with Crippen LogP contribution in [0, 0.1) is 0 Å². The number of halogens is 2. The Morgan fingerprint density at radius 3 is 2.75 bits per heavy atom. The van der Waals surface area contributed by atoms with Gasteiger partial charge in [0.15, 0.2) is 0 Å². The van der Waals surface area contributed by atoms with E-state index < -0.39 is 0 Å². The van der Waals surface area contributed by atoms with Gasteiger partial charge in [0.25, 0.3) is 0 Å². The Morgan fingerprint density at radius 2 is 2.25 bits per heavy atom. The molecule has 0 aliphatic rings. The van der Waals surface area contributed by atoms with Gasteiger partial charge in [-0.3, -0.25) is 0 Å². The molecule has 2 N–H and O–H groups in total. The number of rotatable bonds is 2. The van der Waals surface area contributed by atoms with Crippen LogP contribution in [0.2, 0.25) is 10.2 Å². The molecular weight excluding hydrogens is 199 g/mol.